The molecule has 168 valence electrons. The van der Waals surface area contributed by atoms with Gasteiger partial charge in [-0.15, -0.1) is 11.8 Å². The first kappa shape index (κ1) is 22.2. The van der Waals surface area contributed by atoms with Gasteiger partial charge in [0.1, 0.15) is 11.4 Å². The Morgan fingerprint density at radius 3 is 2.61 bits per heavy atom. The van der Waals surface area contributed by atoms with Crippen LogP contribution in [0.4, 0.5) is 0 Å². The summed E-state index contributed by atoms with van der Waals surface area (Å²) in [5, 5.41) is -0.0763. The van der Waals surface area contributed by atoms with Crippen LogP contribution in [0.15, 0.2) is 35.3 Å². The summed E-state index contributed by atoms with van der Waals surface area (Å²) in [5.41, 5.74) is 1.23. The van der Waals surface area contributed by atoms with E-state index in [9.17, 15) is 9.59 Å². The van der Waals surface area contributed by atoms with Crippen molar-refractivity contribution in [3.8, 4) is 0 Å². The summed E-state index contributed by atoms with van der Waals surface area (Å²) >= 11 is 1.66. The summed E-state index contributed by atoms with van der Waals surface area (Å²) in [6.07, 6.45) is 8.41. The minimum Gasteiger partial charge on any atom is -0.464 e. The fourth-order valence-corrected chi connectivity index (χ4v) is 6.28. The van der Waals surface area contributed by atoms with Crippen molar-refractivity contribution in [1.82, 2.24) is 9.80 Å². The number of amides is 1. The number of benzene rings is 1. The second-order valence-electron chi connectivity index (χ2n) is 9.18. The van der Waals surface area contributed by atoms with Crippen LogP contribution in [-0.2, 0) is 20.7 Å². The normalized spacial score (nSPS) is 27.7. The zero-order valence-electron chi connectivity index (χ0n) is 18.5. The lowest BCUT2D eigenvalue weighted by Gasteiger charge is -2.42. The molecule has 0 N–H and O–H groups in total. The van der Waals surface area contributed by atoms with Crippen LogP contribution in [-0.4, -0.2) is 69.9 Å². The van der Waals surface area contributed by atoms with E-state index in [0.29, 0.717) is 6.61 Å². The Morgan fingerprint density at radius 2 is 1.90 bits per heavy atom. The van der Waals surface area contributed by atoms with Crippen LogP contribution < -0.4 is 0 Å². The number of likely N-dealkylation sites (tertiary alicyclic amines) is 1. The number of hydrogen-bond acceptors (Lipinski definition) is 5. The smallest absolute Gasteiger partial charge is 0.330 e. The maximum Gasteiger partial charge on any atom is 0.330 e. The number of thioether (sulfide) groups is 1. The van der Waals surface area contributed by atoms with Gasteiger partial charge in [-0.1, -0.05) is 43.2 Å². The standard InChI is InChI=1S/C24H33N3O3S/c1-24(2)20(23(29)30-16-10-13-18-11-6-5-7-12-18)27-21(28)19(22(27)31-24)25-17-26-14-8-3-4-9-15-26/h5-7,11-12,17,19-20,22H,3-4,8-10,13-16H2,1-2H3/t19-,20+,22-/m1/s1. The molecule has 31 heavy (non-hydrogen) atoms. The lowest BCUT2D eigenvalue weighted by molar-refractivity contribution is -0.162. The molecule has 0 radical (unpaired) electrons. The molecule has 0 aliphatic carbocycles. The monoisotopic (exact) mass is 443 g/mol. The number of β-lactam (4-membered cyclic amide) rings is 1. The van der Waals surface area contributed by atoms with Gasteiger partial charge in [-0.2, -0.15) is 0 Å². The van der Waals surface area contributed by atoms with Crippen molar-refractivity contribution >= 4 is 30.0 Å². The number of rotatable bonds is 7. The molecule has 3 aliphatic heterocycles. The van der Waals surface area contributed by atoms with Crippen LogP contribution in [0.2, 0.25) is 0 Å². The number of esters is 1. The minimum absolute atomic E-state index is 0.0552. The van der Waals surface area contributed by atoms with Crippen molar-refractivity contribution in [2.75, 3.05) is 19.7 Å². The highest BCUT2D eigenvalue weighted by molar-refractivity contribution is 8.01. The van der Waals surface area contributed by atoms with Gasteiger partial charge in [-0.25, -0.2) is 4.79 Å². The molecule has 0 saturated carbocycles. The van der Waals surface area contributed by atoms with Gasteiger partial charge in [0, 0.05) is 17.8 Å². The number of fused-ring (bicyclic) bond motifs is 1. The van der Waals surface area contributed by atoms with Crippen LogP contribution in [0.25, 0.3) is 0 Å². The SMILES string of the molecule is CC1(C)S[C@@H]2[C@H](N=CN3CCCCCC3)C(=O)N2[C@H]1C(=O)OCCCc1ccccc1. The highest BCUT2D eigenvalue weighted by Gasteiger charge is 2.64. The molecule has 0 aromatic heterocycles. The van der Waals surface area contributed by atoms with Crippen molar-refractivity contribution in [2.45, 2.75) is 74.6 Å². The Labute approximate surface area is 189 Å². The second kappa shape index (κ2) is 9.63. The van der Waals surface area contributed by atoms with Crippen LogP contribution in [0.5, 0.6) is 0 Å². The number of nitrogens with zero attached hydrogens (tertiary/aromatic N) is 3. The molecule has 7 heteroatoms. The van der Waals surface area contributed by atoms with Gasteiger partial charge in [0.05, 0.1) is 12.9 Å². The van der Waals surface area contributed by atoms with E-state index in [2.05, 4.69) is 22.0 Å². The largest absolute Gasteiger partial charge is 0.464 e. The predicted octanol–water partition coefficient (Wildman–Crippen LogP) is 3.50. The first-order valence-electron chi connectivity index (χ1n) is 11.5. The Morgan fingerprint density at radius 1 is 1.19 bits per heavy atom. The van der Waals surface area contributed by atoms with E-state index in [1.165, 1.54) is 31.2 Å². The molecule has 3 fully saturated rings. The average molecular weight is 444 g/mol. The molecule has 0 spiro atoms. The van der Waals surface area contributed by atoms with Gasteiger partial charge in [0.25, 0.3) is 5.91 Å². The van der Waals surface area contributed by atoms with E-state index in [1.54, 1.807) is 16.7 Å². The molecule has 1 aromatic carbocycles. The Balaban J connectivity index is 1.31. The molecule has 1 amide bonds. The summed E-state index contributed by atoms with van der Waals surface area (Å²) in [6, 6.07) is 9.25. The van der Waals surface area contributed by atoms with Crippen molar-refractivity contribution in [1.29, 1.82) is 0 Å². The molecular weight excluding hydrogens is 410 g/mol. The summed E-state index contributed by atoms with van der Waals surface area (Å²) in [5.74, 6) is -0.350. The number of carbonyl (C=O) groups excluding carboxylic acids is 2. The first-order valence-corrected chi connectivity index (χ1v) is 12.3. The van der Waals surface area contributed by atoms with E-state index in [1.807, 2.05) is 38.4 Å². The summed E-state index contributed by atoms with van der Waals surface area (Å²) < 4.78 is 5.21. The van der Waals surface area contributed by atoms with Crippen LogP contribution >= 0.6 is 11.8 Å². The van der Waals surface area contributed by atoms with E-state index in [-0.39, 0.29) is 28.0 Å². The van der Waals surface area contributed by atoms with Gasteiger partial charge < -0.3 is 14.5 Å². The predicted molar refractivity (Wildman–Crippen MR) is 124 cm³/mol. The molecular formula is C24H33N3O3S. The molecule has 3 atom stereocenters. The maximum atomic E-state index is 12.9. The molecule has 0 bridgehead atoms. The number of ether oxygens (including phenoxy) is 1. The van der Waals surface area contributed by atoms with E-state index in [0.717, 1.165) is 25.9 Å². The number of aliphatic imine (C=N–C) groups is 1. The summed E-state index contributed by atoms with van der Waals surface area (Å²) in [7, 11) is 0. The molecule has 3 saturated heterocycles. The first-order chi connectivity index (χ1) is 15.0. The third kappa shape index (κ3) is 4.92. The van der Waals surface area contributed by atoms with E-state index in [4.69, 9.17) is 4.74 Å². The molecule has 0 unspecified atom stereocenters. The fraction of sp³-hybridized carbons (Fsp3) is 0.625. The molecule has 4 rings (SSSR count). The third-order valence-corrected chi connectivity index (χ3v) is 7.92. The van der Waals surface area contributed by atoms with Gasteiger partial charge in [-0.05, 0) is 45.1 Å². The molecule has 6 nitrogen and oxygen atoms in total. The Hall–Kier alpha value is -2.02. The van der Waals surface area contributed by atoms with Crippen molar-refractivity contribution < 1.29 is 14.3 Å². The highest BCUT2D eigenvalue weighted by atomic mass is 32.2. The summed E-state index contributed by atoms with van der Waals surface area (Å²) in [6.45, 7) is 6.43. The highest BCUT2D eigenvalue weighted by Crippen LogP contribution is 2.51. The van der Waals surface area contributed by atoms with Crippen molar-refractivity contribution in [3.05, 3.63) is 35.9 Å². The van der Waals surface area contributed by atoms with Gasteiger partial charge in [0.15, 0.2) is 6.04 Å². The van der Waals surface area contributed by atoms with Crippen molar-refractivity contribution in [3.63, 3.8) is 0 Å². The zero-order chi connectivity index (χ0) is 21.8. The maximum absolute atomic E-state index is 12.9. The molecule has 3 aliphatic rings. The van der Waals surface area contributed by atoms with Gasteiger partial charge in [0.2, 0.25) is 0 Å². The third-order valence-electron chi connectivity index (χ3n) is 6.36. The average Bonchev–Trinajstić information content (AvgIpc) is 2.90. The number of aryl methyl sites for hydroxylation is 1. The van der Waals surface area contributed by atoms with Crippen molar-refractivity contribution in [2.24, 2.45) is 4.99 Å². The lowest BCUT2D eigenvalue weighted by Crippen LogP contribution is -2.65. The van der Waals surface area contributed by atoms with Crippen LogP contribution in [0.3, 0.4) is 0 Å². The molecule has 1 aromatic rings. The second-order valence-corrected chi connectivity index (χ2v) is 10.9. The zero-order valence-corrected chi connectivity index (χ0v) is 19.4. The fourth-order valence-electron chi connectivity index (χ4n) is 4.66. The topological polar surface area (TPSA) is 62.2 Å². The number of carbonyl (C=O) groups is 2. The van der Waals surface area contributed by atoms with Gasteiger partial charge in [-0.3, -0.25) is 9.79 Å². The van der Waals surface area contributed by atoms with E-state index >= 15 is 0 Å². The number of hydrogen-bond donors (Lipinski definition) is 0. The summed E-state index contributed by atoms with van der Waals surface area (Å²) in [4.78, 5) is 34.3. The van der Waals surface area contributed by atoms with Gasteiger partial charge >= 0.3 is 5.97 Å². The van der Waals surface area contributed by atoms with E-state index < -0.39 is 6.04 Å². The quantitative estimate of drug-likeness (QED) is 0.212. The van der Waals surface area contributed by atoms with Crippen LogP contribution in [0, 0.1) is 0 Å². The lowest BCUT2D eigenvalue weighted by atomic mass is 9.96. The molecule has 3 heterocycles. The van der Waals surface area contributed by atoms with Crippen LogP contribution in [0.1, 0.15) is 51.5 Å². The Bertz CT molecular complexity index is 806. The minimum atomic E-state index is -0.545. The Kier molecular flexibility index (Phi) is 6.89.